The van der Waals surface area contributed by atoms with Crippen molar-refractivity contribution in [3.8, 4) is 0 Å². The molecule has 2 unspecified atom stereocenters. The number of thioether (sulfide) groups is 1. The zero-order valence-electron chi connectivity index (χ0n) is 20.5. The molecule has 2 aliphatic heterocycles. The second kappa shape index (κ2) is 11.9. The van der Waals surface area contributed by atoms with Crippen LogP contribution in [0.4, 0.5) is 0 Å². The van der Waals surface area contributed by atoms with Gasteiger partial charge >= 0.3 is 0 Å². The molecule has 2 aromatic rings. The maximum atomic E-state index is 13.6. The second-order valence-corrected chi connectivity index (χ2v) is 10.7. The average Bonchev–Trinajstić information content (AvgIpc) is 3.29. The summed E-state index contributed by atoms with van der Waals surface area (Å²) in [6, 6.07) is 17.9. The Balaban J connectivity index is 1.42. The molecule has 2 fully saturated rings. The van der Waals surface area contributed by atoms with Gasteiger partial charge in [-0.25, -0.2) is 0 Å². The summed E-state index contributed by atoms with van der Waals surface area (Å²) in [6.07, 6.45) is 4.35. The number of hydrogen-bond donors (Lipinski definition) is 0. The number of rotatable bonds is 8. The fourth-order valence-electron chi connectivity index (χ4n) is 4.84. The van der Waals surface area contributed by atoms with Gasteiger partial charge in [0.05, 0.1) is 5.37 Å². The lowest BCUT2D eigenvalue weighted by molar-refractivity contribution is -0.137. The lowest BCUT2D eigenvalue weighted by atomic mass is 10.1. The van der Waals surface area contributed by atoms with Gasteiger partial charge in [0.1, 0.15) is 6.04 Å². The van der Waals surface area contributed by atoms with Gasteiger partial charge in [-0.3, -0.25) is 14.5 Å². The van der Waals surface area contributed by atoms with Crippen molar-refractivity contribution in [3.63, 3.8) is 0 Å². The molecule has 0 aromatic heterocycles. The van der Waals surface area contributed by atoms with Crippen LogP contribution in [0, 0.1) is 6.92 Å². The van der Waals surface area contributed by atoms with Crippen molar-refractivity contribution in [2.75, 3.05) is 31.9 Å². The third-order valence-corrected chi connectivity index (χ3v) is 8.25. The third-order valence-electron chi connectivity index (χ3n) is 6.90. The van der Waals surface area contributed by atoms with Crippen molar-refractivity contribution in [1.29, 1.82) is 0 Å². The summed E-state index contributed by atoms with van der Waals surface area (Å²) < 4.78 is 0. The highest BCUT2D eigenvalue weighted by molar-refractivity contribution is 8.00. The van der Waals surface area contributed by atoms with Crippen LogP contribution in [0.15, 0.2) is 54.6 Å². The van der Waals surface area contributed by atoms with Crippen LogP contribution in [0.3, 0.4) is 0 Å². The highest BCUT2D eigenvalue weighted by Gasteiger charge is 2.43. The van der Waals surface area contributed by atoms with E-state index in [1.54, 1.807) is 11.8 Å². The first kappa shape index (κ1) is 24.8. The van der Waals surface area contributed by atoms with Crippen LogP contribution in [0.2, 0.25) is 0 Å². The van der Waals surface area contributed by atoms with E-state index in [0.717, 1.165) is 64.0 Å². The smallest absolute Gasteiger partial charge is 0.255 e. The van der Waals surface area contributed by atoms with Gasteiger partial charge in [-0.1, -0.05) is 74.2 Å². The summed E-state index contributed by atoms with van der Waals surface area (Å²) in [4.78, 5) is 33.5. The summed E-state index contributed by atoms with van der Waals surface area (Å²) >= 11 is 1.78. The first-order valence-electron chi connectivity index (χ1n) is 12.6. The number of carbonyl (C=O) groups is 2. The molecule has 2 saturated heterocycles. The topological polar surface area (TPSA) is 43.9 Å². The molecule has 2 atom stereocenters. The van der Waals surface area contributed by atoms with Crippen molar-refractivity contribution in [2.24, 2.45) is 0 Å². The SMILES string of the molecule is CCCCCC1SCC(C(=O)N2CCN(Cc3ccccc3)CC2)N1C(=O)c1ccc(C)cc1. The monoisotopic (exact) mass is 479 g/mol. The molecule has 2 heterocycles. The minimum atomic E-state index is -0.369. The van der Waals surface area contributed by atoms with Crippen molar-refractivity contribution < 1.29 is 9.59 Å². The van der Waals surface area contributed by atoms with E-state index >= 15 is 0 Å². The van der Waals surface area contributed by atoms with E-state index in [1.165, 1.54) is 5.56 Å². The number of nitrogens with zero attached hydrogens (tertiary/aromatic N) is 3. The summed E-state index contributed by atoms with van der Waals surface area (Å²) in [6.45, 7) is 8.32. The second-order valence-electron chi connectivity index (χ2n) is 9.47. The van der Waals surface area contributed by atoms with E-state index in [9.17, 15) is 9.59 Å². The van der Waals surface area contributed by atoms with E-state index in [4.69, 9.17) is 0 Å². The summed E-state index contributed by atoms with van der Waals surface area (Å²) in [5.74, 6) is 0.801. The molecule has 0 spiro atoms. The first-order chi connectivity index (χ1) is 16.6. The molecule has 2 amide bonds. The highest BCUT2D eigenvalue weighted by Crippen LogP contribution is 2.35. The number of amides is 2. The van der Waals surface area contributed by atoms with Crippen LogP contribution in [0.5, 0.6) is 0 Å². The Bertz CT molecular complexity index is 942. The molecule has 34 heavy (non-hydrogen) atoms. The van der Waals surface area contributed by atoms with E-state index < -0.39 is 0 Å². The van der Waals surface area contributed by atoms with Crippen LogP contribution >= 0.6 is 11.8 Å². The number of carbonyl (C=O) groups excluding carboxylic acids is 2. The molecule has 182 valence electrons. The molecule has 2 aromatic carbocycles. The minimum Gasteiger partial charge on any atom is -0.338 e. The van der Waals surface area contributed by atoms with Crippen LogP contribution in [-0.4, -0.2) is 69.9 Å². The Morgan fingerprint density at radius 3 is 2.32 bits per heavy atom. The van der Waals surface area contributed by atoms with Crippen molar-refractivity contribution in [3.05, 3.63) is 71.3 Å². The quantitative estimate of drug-likeness (QED) is 0.510. The maximum Gasteiger partial charge on any atom is 0.255 e. The standard InChI is InChI=1S/C28H37N3O2S/c1-3-4-6-11-26-31(27(32)24-14-12-22(2)13-15-24)25(21-34-26)28(33)30-18-16-29(17-19-30)20-23-9-7-5-8-10-23/h5,7-10,12-15,25-26H,3-4,6,11,16-21H2,1-2H3. The number of aryl methyl sites for hydroxylation is 1. The Kier molecular flexibility index (Phi) is 8.68. The van der Waals surface area contributed by atoms with Gasteiger partial charge < -0.3 is 9.80 Å². The van der Waals surface area contributed by atoms with E-state index in [1.807, 2.05) is 47.1 Å². The Labute approximate surface area is 208 Å². The van der Waals surface area contributed by atoms with Crippen LogP contribution < -0.4 is 0 Å². The van der Waals surface area contributed by atoms with Crippen LogP contribution in [-0.2, 0) is 11.3 Å². The van der Waals surface area contributed by atoms with E-state index in [0.29, 0.717) is 11.3 Å². The molecule has 6 heteroatoms. The fraction of sp³-hybridized carbons (Fsp3) is 0.500. The van der Waals surface area contributed by atoms with Crippen LogP contribution in [0.25, 0.3) is 0 Å². The van der Waals surface area contributed by atoms with Crippen LogP contribution in [0.1, 0.15) is 54.1 Å². The van der Waals surface area contributed by atoms with Gasteiger partial charge in [0.15, 0.2) is 0 Å². The molecular weight excluding hydrogens is 442 g/mol. The maximum absolute atomic E-state index is 13.6. The Morgan fingerprint density at radius 2 is 1.65 bits per heavy atom. The number of hydrogen-bond acceptors (Lipinski definition) is 4. The van der Waals surface area contributed by atoms with Crippen molar-refractivity contribution >= 4 is 23.6 Å². The average molecular weight is 480 g/mol. The Hall–Kier alpha value is -2.31. The predicted molar refractivity (Wildman–Crippen MR) is 140 cm³/mol. The number of unbranched alkanes of at least 4 members (excludes halogenated alkanes) is 2. The summed E-state index contributed by atoms with van der Waals surface area (Å²) in [5, 5.41) is 0.0775. The normalized spacial score (nSPS) is 21.1. The van der Waals surface area contributed by atoms with Gasteiger partial charge in [0, 0.05) is 44.0 Å². The summed E-state index contributed by atoms with van der Waals surface area (Å²) in [5.41, 5.74) is 3.12. The lowest BCUT2D eigenvalue weighted by Crippen LogP contribution is -2.55. The van der Waals surface area contributed by atoms with E-state index in [2.05, 4.69) is 36.1 Å². The van der Waals surface area contributed by atoms with Gasteiger partial charge in [-0.05, 0) is 31.0 Å². The predicted octanol–water partition coefficient (Wildman–Crippen LogP) is 4.80. The van der Waals surface area contributed by atoms with Gasteiger partial charge in [0.2, 0.25) is 5.91 Å². The lowest BCUT2D eigenvalue weighted by Gasteiger charge is -2.38. The number of piperazine rings is 1. The van der Waals surface area contributed by atoms with Gasteiger partial charge in [0.25, 0.3) is 5.91 Å². The largest absolute Gasteiger partial charge is 0.338 e. The minimum absolute atomic E-state index is 0.00689. The molecule has 5 nitrogen and oxygen atoms in total. The molecule has 4 rings (SSSR count). The molecule has 0 radical (unpaired) electrons. The van der Waals surface area contributed by atoms with E-state index in [-0.39, 0.29) is 23.2 Å². The Morgan fingerprint density at radius 1 is 0.941 bits per heavy atom. The number of benzene rings is 2. The van der Waals surface area contributed by atoms with Gasteiger partial charge in [-0.15, -0.1) is 11.8 Å². The first-order valence-corrected chi connectivity index (χ1v) is 13.7. The van der Waals surface area contributed by atoms with Crippen molar-refractivity contribution in [2.45, 2.75) is 57.5 Å². The molecule has 0 saturated carbocycles. The zero-order chi connectivity index (χ0) is 23.9. The molecule has 0 bridgehead atoms. The molecule has 0 aliphatic carbocycles. The third kappa shape index (κ3) is 6.02. The van der Waals surface area contributed by atoms with Crippen molar-refractivity contribution in [1.82, 2.24) is 14.7 Å². The molecular formula is C28H37N3O2S. The molecule has 0 N–H and O–H groups in total. The fourth-order valence-corrected chi connectivity index (χ4v) is 6.29. The van der Waals surface area contributed by atoms with Gasteiger partial charge in [-0.2, -0.15) is 0 Å². The summed E-state index contributed by atoms with van der Waals surface area (Å²) in [7, 11) is 0. The molecule has 2 aliphatic rings. The highest BCUT2D eigenvalue weighted by atomic mass is 32.2. The zero-order valence-corrected chi connectivity index (χ0v) is 21.3.